The van der Waals surface area contributed by atoms with Gasteiger partial charge in [0.15, 0.2) is 5.75 Å². The van der Waals surface area contributed by atoms with Crippen LogP contribution >= 0.6 is 0 Å². The number of aryl methyl sites for hydroxylation is 1. The molecule has 0 fully saturated rings. The number of nitrogens with zero attached hydrogens (tertiary/aromatic N) is 2. The molecule has 1 heterocycles. The van der Waals surface area contributed by atoms with Gasteiger partial charge in [-0.15, -0.1) is 0 Å². The third-order valence-corrected chi connectivity index (χ3v) is 2.46. The molecule has 0 aliphatic heterocycles. The zero-order valence-corrected chi connectivity index (χ0v) is 10.2. The van der Waals surface area contributed by atoms with E-state index in [-0.39, 0.29) is 0 Å². The highest BCUT2D eigenvalue weighted by atomic mass is 16.5. The van der Waals surface area contributed by atoms with Crippen LogP contribution in [0.1, 0.15) is 5.56 Å². The van der Waals surface area contributed by atoms with E-state index in [2.05, 4.69) is 17.3 Å². The van der Waals surface area contributed by atoms with Crippen molar-refractivity contribution in [2.75, 3.05) is 13.6 Å². The van der Waals surface area contributed by atoms with Gasteiger partial charge in [-0.1, -0.05) is 17.7 Å². The molecule has 0 aliphatic rings. The van der Waals surface area contributed by atoms with E-state index in [1.54, 1.807) is 6.20 Å². The van der Waals surface area contributed by atoms with E-state index in [1.165, 1.54) is 5.56 Å². The van der Waals surface area contributed by atoms with Crippen molar-refractivity contribution in [1.29, 1.82) is 0 Å². The molecule has 0 saturated heterocycles. The number of hydrogen-bond donors (Lipinski definition) is 1. The Morgan fingerprint density at radius 3 is 2.71 bits per heavy atom. The van der Waals surface area contributed by atoms with Gasteiger partial charge >= 0.3 is 0 Å². The van der Waals surface area contributed by atoms with E-state index >= 15 is 0 Å². The van der Waals surface area contributed by atoms with Crippen molar-refractivity contribution in [2.24, 2.45) is 0 Å². The number of rotatable bonds is 5. The molecule has 17 heavy (non-hydrogen) atoms. The molecule has 0 bridgehead atoms. The van der Waals surface area contributed by atoms with Crippen LogP contribution < -0.4 is 10.1 Å². The molecule has 2 rings (SSSR count). The first-order valence-corrected chi connectivity index (χ1v) is 5.69. The van der Waals surface area contributed by atoms with Crippen LogP contribution in [-0.4, -0.2) is 23.4 Å². The van der Waals surface area contributed by atoms with Gasteiger partial charge in [0.2, 0.25) is 0 Å². The van der Waals surface area contributed by atoms with Crippen LogP contribution in [0.4, 0.5) is 0 Å². The van der Waals surface area contributed by atoms with E-state index in [1.807, 2.05) is 42.2 Å². The van der Waals surface area contributed by atoms with Gasteiger partial charge < -0.3 is 10.1 Å². The van der Waals surface area contributed by atoms with Crippen LogP contribution in [0.15, 0.2) is 36.7 Å². The first-order chi connectivity index (χ1) is 8.28. The van der Waals surface area contributed by atoms with Crippen molar-refractivity contribution in [3.05, 3.63) is 42.2 Å². The summed E-state index contributed by atoms with van der Waals surface area (Å²) in [4.78, 5) is 0. The molecule has 4 nitrogen and oxygen atoms in total. The third kappa shape index (κ3) is 3.32. The van der Waals surface area contributed by atoms with Gasteiger partial charge in [-0.05, 0) is 26.1 Å². The predicted molar refractivity (Wildman–Crippen MR) is 67.4 cm³/mol. The minimum absolute atomic E-state index is 0.768. The minimum Gasteiger partial charge on any atom is -0.454 e. The maximum absolute atomic E-state index is 5.69. The van der Waals surface area contributed by atoms with Crippen LogP contribution in [0.5, 0.6) is 11.5 Å². The maximum atomic E-state index is 5.69. The number of nitrogens with one attached hydrogen (secondary N) is 1. The molecule has 1 aromatic carbocycles. The predicted octanol–water partition coefficient (Wildman–Crippen LogP) is 2.20. The Hall–Kier alpha value is -1.81. The molecular formula is C13H17N3O. The lowest BCUT2D eigenvalue weighted by molar-refractivity contribution is 0.480. The highest BCUT2D eigenvalue weighted by Crippen LogP contribution is 2.20. The average molecular weight is 231 g/mol. The Bertz CT molecular complexity index is 462. The van der Waals surface area contributed by atoms with Crippen LogP contribution in [0.25, 0.3) is 0 Å². The summed E-state index contributed by atoms with van der Waals surface area (Å²) in [5, 5.41) is 7.30. The van der Waals surface area contributed by atoms with E-state index in [0.29, 0.717) is 0 Å². The number of benzene rings is 1. The zero-order valence-electron chi connectivity index (χ0n) is 10.2. The Morgan fingerprint density at radius 1 is 1.24 bits per heavy atom. The van der Waals surface area contributed by atoms with Crippen LogP contribution in [0, 0.1) is 6.92 Å². The number of likely N-dealkylation sites (N-methyl/N-ethyl adjacent to an activating group) is 1. The average Bonchev–Trinajstić information content (AvgIpc) is 2.77. The Kier molecular flexibility index (Phi) is 3.77. The second-order valence-corrected chi connectivity index (χ2v) is 3.96. The molecule has 0 radical (unpaired) electrons. The molecule has 0 amide bonds. The van der Waals surface area contributed by atoms with E-state index in [9.17, 15) is 0 Å². The molecule has 1 N–H and O–H groups in total. The van der Waals surface area contributed by atoms with Crippen molar-refractivity contribution in [1.82, 2.24) is 15.1 Å². The lowest BCUT2D eigenvalue weighted by Crippen LogP contribution is -2.14. The van der Waals surface area contributed by atoms with Gasteiger partial charge in [-0.3, -0.25) is 4.68 Å². The van der Waals surface area contributed by atoms with Gasteiger partial charge in [0.05, 0.1) is 18.9 Å². The summed E-state index contributed by atoms with van der Waals surface area (Å²) in [6.07, 6.45) is 3.63. The number of ether oxygens (including phenoxy) is 1. The monoisotopic (exact) mass is 231 g/mol. The first-order valence-electron chi connectivity index (χ1n) is 5.69. The van der Waals surface area contributed by atoms with Gasteiger partial charge in [-0.25, -0.2) is 0 Å². The highest BCUT2D eigenvalue weighted by molar-refractivity contribution is 5.30. The number of hydrogen-bond acceptors (Lipinski definition) is 3. The fourth-order valence-corrected chi connectivity index (χ4v) is 1.49. The van der Waals surface area contributed by atoms with E-state index in [4.69, 9.17) is 4.74 Å². The Labute approximate surface area is 101 Å². The summed E-state index contributed by atoms with van der Waals surface area (Å²) in [7, 11) is 1.92. The summed E-state index contributed by atoms with van der Waals surface area (Å²) >= 11 is 0. The molecule has 0 unspecified atom stereocenters. The molecule has 2 aromatic rings. The summed E-state index contributed by atoms with van der Waals surface area (Å²) in [5.41, 5.74) is 1.22. The van der Waals surface area contributed by atoms with Crippen LogP contribution in [-0.2, 0) is 6.54 Å². The standard InChI is InChI=1S/C13H17N3O/c1-11-3-5-12(6-4-11)17-13-9-15-16(10-13)8-7-14-2/h3-6,9-10,14H,7-8H2,1-2H3. The van der Waals surface area contributed by atoms with Crippen molar-refractivity contribution in [3.63, 3.8) is 0 Å². The normalized spacial score (nSPS) is 10.5. The highest BCUT2D eigenvalue weighted by Gasteiger charge is 2.00. The first kappa shape index (κ1) is 11.7. The van der Waals surface area contributed by atoms with Crippen molar-refractivity contribution >= 4 is 0 Å². The molecule has 4 heteroatoms. The second-order valence-electron chi connectivity index (χ2n) is 3.96. The Morgan fingerprint density at radius 2 is 2.00 bits per heavy atom. The van der Waals surface area contributed by atoms with E-state index < -0.39 is 0 Å². The van der Waals surface area contributed by atoms with Crippen LogP contribution in [0.2, 0.25) is 0 Å². The fraction of sp³-hybridized carbons (Fsp3) is 0.308. The van der Waals surface area contributed by atoms with Gasteiger partial charge in [0.1, 0.15) is 5.75 Å². The lowest BCUT2D eigenvalue weighted by atomic mass is 10.2. The molecule has 0 saturated carbocycles. The second kappa shape index (κ2) is 5.50. The molecule has 0 spiro atoms. The summed E-state index contributed by atoms with van der Waals surface area (Å²) in [6.45, 7) is 3.79. The SMILES string of the molecule is CNCCn1cc(Oc2ccc(C)cc2)cn1. The summed E-state index contributed by atoms with van der Waals surface area (Å²) < 4.78 is 7.55. The third-order valence-electron chi connectivity index (χ3n) is 2.46. The minimum atomic E-state index is 0.768. The smallest absolute Gasteiger partial charge is 0.165 e. The van der Waals surface area contributed by atoms with Gasteiger partial charge in [0, 0.05) is 6.54 Å². The van der Waals surface area contributed by atoms with Crippen molar-refractivity contribution in [2.45, 2.75) is 13.5 Å². The number of aromatic nitrogens is 2. The fourth-order valence-electron chi connectivity index (χ4n) is 1.49. The molecule has 1 aromatic heterocycles. The van der Waals surface area contributed by atoms with Gasteiger partial charge in [0.25, 0.3) is 0 Å². The molecule has 90 valence electrons. The lowest BCUT2D eigenvalue weighted by Gasteiger charge is -2.02. The largest absolute Gasteiger partial charge is 0.454 e. The quantitative estimate of drug-likeness (QED) is 0.857. The molecule has 0 aliphatic carbocycles. The van der Waals surface area contributed by atoms with Gasteiger partial charge in [-0.2, -0.15) is 5.10 Å². The molecular weight excluding hydrogens is 214 g/mol. The topological polar surface area (TPSA) is 39.1 Å². The summed E-state index contributed by atoms with van der Waals surface area (Å²) in [5.74, 6) is 1.61. The van der Waals surface area contributed by atoms with Crippen molar-refractivity contribution < 1.29 is 4.74 Å². The summed E-state index contributed by atoms with van der Waals surface area (Å²) in [6, 6.07) is 7.97. The Balaban J connectivity index is 1.98. The zero-order chi connectivity index (χ0) is 12.1. The van der Waals surface area contributed by atoms with Crippen LogP contribution in [0.3, 0.4) is 0 Å². The van der Waals surface area contributed by atoms with E-state index in [0.717, 1.165) is 24.6 Å². The maximum Gasteiger partial charge on any atom is 0.165 e. The molecule has 0 atom stereocenters. The van der Waals surface area contributed by atoms with Crippen molar-refractivity contribution in [3.8, 4) is 11.5 Å².